The predicted molar refractivity (Wildman–Crippen MR) is 115 cm³/mol. The lowest BCUT2D eigenvalue weighted by Crippen LogP contribution is -2.27. The van der Waals surface area contributed by atoms with Gasteiger partial charge in [-0.1, -0.05) is 24.0 Å². The van der Waals surface area contributed by atoms with Gasteiger partial charge in [-0.2, -0.15) is 0 Å². The Bertz CT molecular complexity index is 1170. The van der Waals surface area contributed by atoms with Crippen LogP contribution in [0.2, 0.25) is 0 Å². The van der Waals surface area contributed by atoms with Crippen molar-refractivity contribution in [2.45, 2.75) is 0 Å². The molecule has 0 radical (unpaired) electrons. The number of thiocarbonyl (C=S) groups is 1. The van der Waals surface area contributed by atoms with Crippen molar-refractivity contribution in [3.8, 4) is 17.3 Å². The fraction of sp³-hybridized carbons (Fsp3) is 0.0500. The average molecular weight is 439 g/mol. The van der Waals surface area contributed by atoms with Crippen molar-refractivity contribution >= 4 is 51.9 Å². The molecule has 1 aliphatic rings. The molecule has 0 atom stereocenters. The number of amides is 1. The first-order valence-electron chi connectivity index (χ1n) is 8.55. The van der Waals surface area contributed by atoms with Gasteiger partial charge in [-0.25, -0.2) is 4.79 Å². The van der Waals surface area contributed by atoms with Crippen molar-refractivity contribution in [3.63, 3.8) is 0 Å². The molecule has 0 unspecified atom stereocenters. The highest BCUT2D eigenvalue weighted by Gasteiger charge is 2.33. The van der Waals surface area contributed by atoms with Crippen molar-refractivity contribution in [1.29, 1.82) is 0 Å². The first-order chi connectivity index (χ1) is 14.5. The summed E-state index contributed by atoms with van der Waals surface area (Å²) >= 11 is 6.47. The quantitative estimate of drug-likeness (QED) is 0.469. The Kier molecular flexibility index (Phi) is 5.34. The minimum absolute atomic E-state index is 0.129. The van der Waals surface area contributed by atoms with Gasteiger partial charge in [-0.15, -0.1) is 10.2 Å². The number of aromatic carboxylic acids is 1. The number of ether oxygens (including phenoxy) is 1. The number of thioether (sulfide) groups is 1. The summed E-state index contributed by atoms with van der Waals surface area (Å²) in [5.74, 6) is 0.00310. The molecule has 1 saturated heterocycles. The van der Waals surface area contributed by atoms with E-state index in [1.165, 1.54) is 24.1 Å². The van der Waals surface area contributed by atoms with Gasteiger partial charge in [0.05, 0.1) is 23.3 Å². The Morgan fingerprint density at radius 1 is 1.17 bits per heavy atom. The van der Waals surface area contributed by atoms with E-state index >= 15 is 0 Å². The molecule has 3 heterocycles. The lowest BCUT2D eigenvalue weighted by molar-refractivity contribution is -0.113. The monoisotopic (exact) mass is 439 g/mol. The second-order valence-electron chi connectivity index (χ2n) is 6.03. The number of carbonyl (C=O) groups is 2. The normalized spacial score (nSPS) is 15.1. The molecule has 0 saturated carbocycles. The predicted octanol–water partition coefficient (Wildman–Crippen LogP) is 3.85. The highest BCUT2D eigenvalue weighted by molar-refractivity contribution is 8.27. The summed E-state index contributed by atoms with van der Waals surface area (Å²) in [4.78, 5) is 25.6. The van der Waals surface area contributed by atoms with Crippen LogP contribution < -0.4 is 9.64 Å². The number of rotatable bonds is 5. The number of benzene rings is 1. The van der Waals surface area contributed by atoms with Gasteiger partial charge in [0.25, 0.3) is 5.91 Å². The first kappa shape index (κ1) is 19.8. The number of aromatic nitrogens is 2. The van der Waals surface area contributed by atoms with Gasteiger partial charge in [-0.05, 0) is 42.5 Å². The topological polar surface area (TPSA) is 106 Å². The first-order valence-corrected chi connectivity index (χ1v) is 9.78. The number of carbonyl (C=O) groups excluding carboxylic acids is 1. The van der Waals surface area contributed by atoms with E-state index in [0.717, 1.165) is 11.8 Å². The maximum atomic E-state index is 12.8. The molecule has 3 aromatic rings. The average Bonchev–Trinajstić information content (AvgIpc) is 3.32. The lowest BCUT2D eigenvalue weighted by atomic mass is 10.2. The summed E-state index contributed by atoms with van der Waals surface area (Å²) in [5, 5.41) is 17.0. The Hall–Kier alpha value is -3.50. The molecule has 10 heteroatoms. The zero-order chi connectivity index (χ0) is 21.3. The number of carboxylic acid groups (broad SMARTS) is 1. The van der Waals surface area contributed by atoms with E-state index in [2.05, 4.69) is 10.2 Å². The summed E-state index contributed by atoms with van der Waals surface area (Å²) in [7, 11) is 1.51. The maximum Gasteiger partial charge on any atom is 0.335 e. The smallest absolute Gasteiger partial charge is 0.335 e. The van der Waals surface area contributed by atoms with E-state index in [0.29, 0.717) is 38.0 Å². The van der Waals surface area contributed by atoms with Crippen LogP contribution in [0.1, 0.15) is 16.1 Å². The van der Waals surface area contributed by atoms with Crippen LogP contribution >= 0.6 is 24.0 Å². The molecule has 1 amide bonds. The number of carboxylic acids is 1. The third-order valence-corrected chi connectivity index (χ3v) is 5.47. The van der Waals surface area contributed by atoms with E-state index in [4.69, 9.17) is 26.5 Å². The molecule has 1 aliphatic heterocycles. The van der Waals surface area contributed by atoms with E-state index in [9.17, 15) is 9.59 Å². The molecular formula is C20H13N3O5S2. The zero-order valence-corrected chi connectivity index (χ0v) is 17.1. The number of hydrogen-bond acceptors (Lipinski definition) is 8. The number of methoxy groups -OCH3 is 1. The van der Waals surface area contributed by atoms with Crippen LogP contribution in [0, 0.1) is 0 Å². The van der Waals surface area contributed by atoms with Crippen LogP contribution in [-0.4, -0.2) is 38.6 Å². The third kappa shape index (κ3) is 3.82. The summed E-state index contributed by atoms with van der Waals surface area (Å²) in [5.41, 5.74) is 1.16. The molecule has 1 fully saturated rings. The molecule has 0 spiro atoms. The molecule has 4 rings (SSSR count). The molecule has 30 heavy (non-hydrogen) atoms. The van der Waals surface area contributed by atoms with Crippen molar-refractivity contribution in [1.82, 2.24) is 10.2 Å². The van der Waals surface area contributed by atoms with Crippen molar-refractivity contribution in [2.24, 2.45) is 0 Å². The lowest BCUT2D eigenvalue weighted by Gasteiger charge is -2.14. The highest BCUT2D eigenvalue weighted by Crippen LogP contribution is 2.36. The minimum atomic E-state index is -1.04. The van der Waals surface area contributed by atoms with Crippen LogP contribution in [0.25, 0.3) is 17.5 Å². The number of anilines is 1. The van der Waals surface area contributed by atoms with E-state index in [1.807, 2.05) is 0 Å². The summed E-state index contributed by atoms with van der Waals surface area (Å²) in [6, 6.07) is 12.8. The molecule has 2 aromatic heterocycles. The second-order valence-corrected chi connectivity index (χ2v) is 7.71. The largest absolute Gasteiger partial charge is 0.480 e. The highest BCUT2D eigenvalue weighted by atomic mass is 32.2. The zero-order valence-electron chi connectivity index (χ0n) is 15.4. The number of nitrogens with zero attached hydrogens (tertiary/aromatic N) is 3. The Balaban J connectivity index is 1.56. The standard InChI is InChI=1S/C20H13N3O5S2/c1-27-17-9-7-14(21-22-17)15-8-6-13(28-15)10-16-18(24)23(20(29)30-16)12-4-2-11(3-5-12)19(25)26/h2-10H,1H3,(H,25,26). The number of furan rings is 1. The van der Waals surface area contributed by atoms with Gasteiger partial charge in [0.1, 0.15) is 11.5 Å². The molecule has 1 N–H and O–H groups in total. The van der Waals surface area contributed by atoms with Gasteiger partial charge in [-0.3, -0.25) is 9.69 Å². The Labute approximate surface area is 180 Å². The molecule has 8 nitrogen and oxygen atoms in total. The van der Waals surface area contributed by atoms with Crippen LogP contribution in [0.5, 0.6) is 5.88 Å². The van der Waals surface area contributed by atoms with E-state index < -0.39 is 5.97 Å². The van der Waals surface area contributed by atoms with E-state index in [1.54, 1.807) is 42.5 Å². The SMILES string of the molecule is COc1ccc(-c2ccc(C=C3SC(=S)N(c4ccc(C(=O)O)cc4)C3=O)o2)nn1. The number of hydrogen-bond donors (Lipinski definition) is 1. The fourth-order valence-electron chi connectivity index (χ4n) is 2.70. The maximum absolute atomic E-state index is 12.8. The molecule has 0 bridgehead atoms. The van der Waals surface area contributed by atoms with Crippen molar-refractivity contribution < 1.29 is 23.8 Å². The van der Waals surface area contributed by atoms with Crippen LogP contribution in [-0.2, 0) is 4.79 Å². The van der Waals surface area contributed by atoms with Crippen LogP contribution in [0.4, 0.5) is 5.69 Å². The molecule has 150 valence electrons. The van der Waals surface area contributed by atoms with Gasteiger partial charge >= 0.3 is 5.97 Å². The van der Waals surface area contributed by atoms with Gasteiger partial charge in [0, 0.05) is 12.1 Å². The summed E-state index contributed by atoms with van der Waals surface area (Å²) < 4.78 is 11.1. The molecule has 0 aliphatic carbocycles. The van der Waals surface area contributed by atoms with Crippen LogP contribution in [0.15, 0.2) is 57.9 Å². The summed E-state index contributed by atoms with van der Waals surface area (Å²) in [6.45, 7) is 0. The van der Waals surface area contributed by atoms with Gasteiger partial charge < -0.3 is 14.3 Å². The molecule has 1 aromatic carbocycles. The van der Waals surface area contributed by atoms with Gasteiger partial charge in [0.15, 0.2) is 10.1 Å². The van der Waals surface area contributed by atoms with Crippen LogP contribution in [0.3, 0.4) is 0 Å². The fourth-order valence-corrected chi connectivity index (χ4v) is 3.98. The van der Waals surface area contributed by atoms with Gasteiger partial charge in [0.2, 0.25) is 5.88 Å². The van der Waals surface area contributed by atoms with Crippen molar-refractivity contribution in [3.05, 3.63) is 64.8 Å². The minimum Gasteiger partial charge on any atom is -0.480 e. The molecular weight excluding hydrogens is 426 g/mol. The second kappa shape index (κ2) is 8.09. The van der Waals surface area contributed by atoms with E-state index in [-0.39, 0.29) is 11.5 Å². The summed E-state index contributed by atoms with van der Waals surface area (Å²) in [6.07, 6.45) is 1.60. The third-order valence-electron chi connectivity index (χ3n) is 4.17. The Morgan fingerprint density at radius 3 is 2.57 bits per heavy atom. The Morgan fingerprint density at radius 2 is 1.93 bits per heavy atom. The van der Waals surface area contributed by atoms with Crippen molar-refractivity contribution in [2.75, 3.05) is 12.0 Å².